The summed E-state index contributed by atoms with van der Waals surface area (Å²) in [7, 11) is 0. The van der Waals surface area contributed by atoms with Crippen LogP contribution in [0.5, 0.6) is 5.75 Å². The van der Waals surface area contributed by atoms with E-state index in [1.165, 1.54) is 11.2 Å². The SMILES string of the molecule is CCOc1ccc(CN(CC(=O)NCC(C)(C)c2ccccc2)C(=O)[C@H](Cc2cnc[nH]2)NC(=O)OCc2ccccc2)cc1. The first kappa shape index (κ1) is 32.8. The van der Waals surface area contributed by atoms with E-state index < -0.39 is 18.0 Å². The van der Waals surface area contributed by atoms with E-state index in [1.807, 2.05) is 91.9 Å². The molecule has 236 valence electrons. The van der Waals surface area contributed by atoms with Gasteiger partial charge in [0.15, 0.2) is 0 Å². The van der Waals surface area contributed by atoms with E-state index in [9.17, 15) is 14.4 Å². The highest BCUT2D eigenvalue weighted by molar-refractivity contribution is 5.89. The van der Waals surface area contributed by atoms with Crippen molar-refractivity contribution < 1.29 is 23.9 Å². The molecule has 1 heterocycles. The Morgan fingerprint density at radius 3 is 2.27 bits per heavy atom. The van der Waals surface area contributed by atoms with Gasteiger partial charge < -0.3 is 30.0 Å². The molecule has 0 aliphatic carbocycles. The lowest BCUT2D eigenvalue weighted by molar-refractivity contribution is -0.138. The summed E-state index contributed by atoms with van der Waals surface area (Å²) >= 11 is 0. The number of aromatic amines is 1. The van der Waals surface area contributed by atoms with Gasteiger partial charge in [-0.2, -0.15) is 0 Å². The number of nitrogens with one attached hydrogen (secondary N) is 3. The van der Waals surface area contributed by atoms with E-state index in [1.54, 1.807) is 6.20 Å². The average molecular weight is 612 g/mol. The normalized spacial score (nSPS) is 11.7. The van der Waals surface area contributed by atoms with Crippen LogP contribution in [-0.2, 0) is 39.3 Å². The van der Waals surface area contributed by atoms with Gasteiger partial charge >= 0.3 is 6.09 Å². The van der Waals surface area contributed by atoms with Crippen LogP contribution < -0.4 is 15.4 Å². The number of benzene rings is 3. The number of nitrogens with zero attached hydrogens (tertiary/aromatic N) is 2. The molecule has 1 atom stereocenters. The Morgan fingerprint density at radius 2 is 1.62 bits per heavy atom. The summed E-state index contributed by atoms with van der Waals surface area (Å²) in [6, 6.07) is 25.5. The standard InChI is InChI=1S/C35H41N5O5/c1-4-44-30-17-15-26(16-18-30)21-40(22-32(41)37-24-35(2,3)28-13-9-6-10-14-28)33(42)31(19-29-20-36-25-38-29)39-34(43)45-23-27-11-7-5-8-12-27/h5-18,20,25,31H,4,19,21-24H2,1-3H3,(H,36,38)(H,37,41)(H,39,43)/t31-/m0/s1. The van der Waals surface area contributed by atoms with Crippen molar-refractivity contribution in [3.05, 3.63) is 120 Å². The summed E-state index contributed by atoms with van der Waals surface area (Å²) in [5.74, 6) is -0.0437. The van der Waals surface area contributed by atoms with Crippen LogP contribution in [0.25, 0.3) is 0 Å². The van der Waals surface area contributed by atoms with Crippen molar-refractivity contribution in [1.29, 1.82) is 0 Å². The van der Waals surface area contributed by atoms with Crippen molar-refractivity contribution in [2.24, 2.45) is 0 Å². The van der Waals surface area contributed by atoms with E-state index in [0.717, 1.165) is 16.7 Å². The summed E-state index contributed by atoms with van der Waals surface area (Å²) in [4.78, 5) is 48.8. The minimum absolute atomic E-state index is 0.0488. The van der Waals surface area contributed by atoms with E-state index in [0.29, 0.717) is 24.6 Å². The summed E-state index contributed by atoms with van der Waals surface area (Å²) in [6.07, 6.45) is 2.48. The van der Waals surface area contributed by atoms with Crippen LogP contribution in [-0.4, -0.2) is 58.5 Å². The second-order valence-corrected chi connectivity index (χ2v) is 11.3. The Bertz CT molecular complexity index is 1490. The summed E-state index contributed by atoms with van der Waals surface area (Å²) < 4.78 is 11.0. The molecule has 0 unspecified atom stereocenters. The lowest BCUT2D eigenvalue weighted by Crippen LogP contribution is -2.52. The van der Waals surface area contributed by atoms with Crippen LogP contribution >= 0.6 is 0 Å². The maximum Gasteiger partial charge on any atom is 0.408 e. The molecule has 0 saturated heterocycles. The molecule has 3 amide bonds. The zero-order valence-electron chi connectivity index (χ0n) is 26.0. The number of alkyl carbamates (subject to hydrolysis) is 1. The van der Waals surface area contributed by atoms with Gasteiger partial charge in [-0.25, -0.2) is 9.78 Å². The molecular formula is C35H41N5O5. The maximum atomic E-state index is 14.1. The topological polar surface area (TPSA) is 126 Å². The molecule has 0 saturated carbocycles. The molecule has 0 aliphatic heterocycles. The molecule has 3 aromatic carbocycles. The number of ether oxygens (including phenoxy) is 2. The smallest absolute Gasteiger partial charge is 0.408 e. The largest absolute Gasteiger partial charge is 0.494 e. The number of rotatable bonds is 15. The van der Waals surface area contributed by atoms with Crippen LogP contribution in [0.15, 0.2) is 97.5 Å². The van der Waals surface area contributed by atoms with Crippen LogP contribution in [0.2, 0.25) is 0 Å². The second kappa shape index (κ2) is 16.1. The fourth-order valence-electron chi connectivity index (χ4n) is 4.77. The van der Waals surface area contributed by atoms with E-state index in [4.69, 9.17) is 9.47 Å². The van der Waals surface area contributed by atoms with E-state index >= 15 is 0 Å². The molecule has 0 radical (unpaired) electrons. The molecule has 0 fully saturated rings. The predicted octanol–water partition coefficient (Wildman–Crippen LogP) is 4.77. The monoisotopic (exact) mass is 611 g/mol. The third-order valence-corrected chi connectivity index (χ3v) is 7.32. The van der Waals surface area contributed by atoms with Gasteiger partial charge in [-0.05, 0) is 35.7 Å². The predicted molar refractivity (Wildman–Crippen MR) is 171 cm³/mol. The first-order valence-corrected chi connectivity index (χ1v) is 15.0. The number of H-pyrrole nitrogens is 1. The molecule has 1 aromatic heterocycles. The van der Waals surface area contributed by atoms with Gasteiger partial charge in [-0.15, -0.1) is 0 Å². The van der Waals surface area contributed by atoms with Crippen molar-refractivity contribution in [2.45, 2.75) is 51.8 Å². The zero-order valence-corrected chi connectivity index (χ0v) is 26.0. The molecule has 10 heteroatoms. The van der Waals surface area contributed by atoms with Gasteiger partial charge in [-0.1, -0.05) is 86.6 Å². The first-order chi connectivity index (χ1) is 21.7. The number of carbonyl (C=O) groups is 3. The van der Waals surface area contributed by atoms with Gasteiger partial charge in [-0.3, -0.25) is 9.59 Å². The van der Waals surface area contributed by atoms with Gasteiger partial charge in [0, 0.05) is 36.8 Å². The van der Waals surface area contributed by atoms with Gasteiger partial charge in [0.1, 0.15) is 18.4 Å². The highest BCUT2D eigenvalue weighted by atomic mass is 16.5. The summed E-state index contributed by atoms with van der Waals surface area (Å²) in [6.45, 7) is 6.90. The zero-order chi connectivity index (χ0) is 32.1. The van der Waals surface area contributed by atoms with Gasteiger partial charge in [0.25, 0.3) is 0 Å². The minimum atomic E-state index is -1.02. The van der Waals surface area contributed by atoms with E-state index in [-0.39, 0.29) is 37.4 Å². The van der Waals surface area contributed by atoms with Crippen LogP contribution in [0.1, 0.15) is 43.2 Å². The molecule has 10 nitrogen and oxygen atoms in total. The average Bonchev–Trinajstić information content (AvgIpc) is 3.57. The molecule has 4 aromatic rings. The highest BCUT2D eigenvalue weighted by Crippen LogP contribution is 2.22. The Kier molecular flexibility index (Phi) is 11.7. The molecule has 0 spiro atoms. The molecule has 3 N–H and O–H groups in total. The Morgan fingerprint density at radius 1 is 0.933 bits per heavy atom. The Hall–Kier alpha value is -5.12. The van der Waals surface area contributed by atoms with Crippen molar-refractivity contribution in [3.8, 4) is 5.75 Å². The third-order valence-electron chi connectivity index (χ3n) is 7.32. The maximum absolute atomic E-state index is 14.1. The fraction of sp³-hybridized carbons (Fsp3) is 0.314. The molecule has 45 heavy (non-hydrogen) atoms. The second-order valence-electron chi connectivity index (χ2n) is 11.3. The number of imidazole rings is 1. The van der Waals surface area contributed by atoms with Crippen molar-refractivity contribution >= 4 is 17.9 Å². The summed E-state index contributed by atoms with van der Waals surface area (Å²) in [5, 5.41) is 5.72. The quantitative estimate of drug-likeness (QED) is 0.178. The Balaban J connectivity index is 1.51. The molecule has 0 aliphatic rings. The Labute approximate surface area is 264 Å². The highest BCUT2D eigenvalue weighted by Gasteiger charge is 2.30. The molecular weight excluding hydrogens is 570 g/mol. The number of carbonyl (C=O) groups excluding carboxylic acids is 3. The minimum Gasteiger partial charge on any atom is -0.494 e. The van der Waals surface area contributed by atoms with Gasteiger partial charge in [0.05, 0.1) is 19.5 Å². The van der Waals surface area contributed by atoms with Crippen LogP contribution in [0.4, 0.5) is 4.79 Å². The number of amides is 3. The van der Waals surface area contributed by atoms with Crippen molar-refractivity contribution in [2.75, 3.05) is 19.7 Å². The van der Waals surface area contributed by atoms with Crippen LogP contribution in [0.3, 0.4) is 0 Å². The molecule has 4 rings (SSSR count). The lowest BCUT2D eigenvalue weighted by atomic mass is 9.84. The van der Waals surface area contributed by atoms with Crippen LogP contribution in [0, 0.1) is 0 Å². The third kappa shape index (κ3) is 10.2. The fourth-order valence-corrected chi connectivity index (χ4v) is 4.77. The van der Waals surface area contributed by atoms with Crippen molar-refractivity contribution in [3.63, 3.8) is 0 Å². The number of hydrogen-bond donors (Lipinski definition) is 3. The lowest BCUT2D eigenvalue weighted by Gasteiger charge is -2.29. The van der Waals surface area contributed by atoms with E-state index in [2.05, 4.69) is 34.4 Å². The number of aromatic nitrogens is 2. The number of hydrogen-bond acceptors (Lipinski definition) is 6. The first-order valence-electron chi connectivity index (χ1n) is 15.0. The van der Waals surface area contributed by atoms with Crippen molar-refractivity contribution in [1.82, 2.24) is 25.5 Å². The van der Waals surface area contributed by atoms with Gasteiger partial charge in [0.2, 0.25) is 11.8 Å². The summed E-state index contributed by atoms with van der Waals surface area (Å²) in [5.41, 5.74) is 3.03. The molecule has 0 bridgehead atoms.